The van der Waals surface area contributed by atoms with Gasteiger partial charge in [0.05, 0.1) is 11.8 Å². The second-order valence-corrected chi connectivity index (χ2v) is 6.88. The van der Waals surface area contributed by atoms with E-state index in [1.165, 1.54) is 13.3 Å². The van der Waals surface area contributed by atoms with E-state index in [1.807, 2.05) is 35.8 Å². The topological polar surface area (TPSA) is 69.0 Å². The van der Waals surface area contributed by atoms with E-state index in [0.29, 0.717) is 6.10 Å². The van der Waals surface area contributed by atoms with Crippen LogP contribution in [0.4, 0.5) is 5.69 Å². The highest BCUT2D eigenvalue weighted by Crippen LogP contribution is 2.26. The highest BCUT2D eigenvalue weighted by molar-refractivity contribution is 7.99. The molecule has 1 amide bonds. The van der Waals surface area contributed by atoms with Gasteiger partial charge in [-0.3, -0.25) is 9.36 Å². The van der Waals surface area contributed by atoms with Crippen molar-refractivity contribution in [3.8, 4) is 5.69 Å². The third-order valence-electron chi connectivity index (χ3n) is 3.89. The average Bonchev–Trinajstić information content (AvgIpc) is 2.94. The van der Waals surface area contributed by atoms with E-state index >= 15 is 0 Å². The lowest BCUT2D eigenvalue weighted by Gasteiger charge is -2.21. The van der Waals surface area contributed by atoms with Crippen LogP contribution in [-0.4, -0.2) is 39.1 Å². The lowest BCUT2D eigenvalue weighted by atomic mass is 10.1. The van der Waals surface area contributed by atoms with Crippen LogP contribution in [0.5, 0.6) is 0 Å². The van der Waals surface area contributed by atoms with Crippen LogP contribution in [0.2, 0.25) is 0 Å². The van der Waals surface area contributed by atoms with Gasteiger partial charge in [0.15, 0.2) is 5.16 Å². The normalized spacial score (nSPS) is 17.7. The SMILES string of the molecule is CC(=O)Nc1cccc(-n2c(C)nnc2SC[C@@H]2CCCCO2)c1. The van der Waals surface area contributed by atoms with E-state index in [-0.39, 0.29) is 5.91 Å². The fourth-order valence-corrected chi connectivity index (χ4v) is 3.83. The molecule has 0 spiro atoms. The predicted octanol–water partition coefficient (Wildman–Crippen LogP) is 3.20. The van der Waals surface area contributed by atoms with Crippen molar-refractivity contribution in [1.29, 1.82) is 0 Å². The minimum Gasteiger partial charge on any atom is -0.377 e. The van der Waals surface area contributed by atoms with Crippen LogP contribution in [0.3, 0.4) is 0 Å². The molecule has 2 heterocycles. The maximum Gasteiger partial charge on any atom is 0.221 e. The molecule has 128 valence electrons. The number of benzene rings is 1. The Morgan fingerprint density at radius 1 is 1.42 bits per heavy atom. The summed E-state index contributed by atoms with van der Waals surface area (Å²) in [6.07, 6.45) is 3.79. The fourth-order valence-electron chi connectivity index (χ4n) is 2.77. The van der Waals surface area contributed by atoms with Crippen LogP contribution in [-0.2, 0) is 9.53 Å². The zero-order chi connectivity index (χ0) is 16.9. The van der Waals surface area contributed by atoms with Crippen molar-refractivity contribution in [3.05, 3.63) is 30.1 Å². The molecule has 1 aromatic carbocycles. The number of amides is 1. The van der Waals surface area contributed by atoms with E-state index in [2.05, 4.69) is 15.5 Å². The van der Waals surface area contributed by atoms with E-state index in [0.717, 1.165) is 47.6 Å². The number of nitrogens with zero attached hydrogens (tertiary/aromatic N) is 3. The molecule has 1 fully saturated rings. The number of hydrogen-bond acceptors (Lipinski definition) is 5. The van der Waals surface area contributed by atoms with Crippen LogP contribution in [0.15, 0.2) is 29.4 Å². The number of aryl methyl sites for hydroxylation is 1. The number of ether oxygens (including phenoxy) is 1. The Labute approximate surface area is 146 Å². The Balaban J connectivity index is 1.78. The van der Waals surface area contributed by atoms with Gasteiger partial charge in [0.2, 0.25) is 5.91 Å². The molecule has 6 nitrogen and oxygen atoms in total. The number of carbonyl (C=O) groups excluding carboxylic acids is 1. The Morgan fingerprint density at radius 2 is 2.29 bits per heavy atom. The third-order valence-corrected chi connectivity index (χ3v) is 4.95. The monoisotopic (exact) mass is 346 g/mol. The number of nitrogens with one attached hydrogen (secondary N) is 1. The molecule has 3 rings (SSSR count). The molecule has 1 atom stereocenters. The van der Waals surface area contributed by atoms with E-state index < -0.39 is 0 Å². The first-order valence-electron chi connectivity index (χ1n) is 8.18. The summed E-state index contributed by atoms with van der Waals surface area (Å²) in [5.74, 6) is 1.61. The zero-order valence-corrected chi connectivity index (χ0v) is 14.8. The van der Waals surface area contributed by atoms with Crippen LogP contribution in [0.25, 0.3) is 5.69 Å². The van der Waals surface area contributed by atoms with Gasteiger partial charge in [-0.05, 0) is 44.4 Å². The molecule has 0 aliphatic carbocycles. The summed E-state index contributed by atoms with van der Waals surface area (Å²) in [7, 11) is 0. The highest BCUT2D eigenvalue weighted by atomic mass is 32.2. The molecular formula is C17H22N4O2S. The summed E-state index contributed by atoms with van der Waals surface area (Å²) in [6.45, 7) is 4.29. The molecule has 0 unspecified atom stereocenters. The van der Waals surface area contributed by atoms with Gasteiger partial charge in [-0.2, -0.15) is 0 Å². The first-order valence-corrected chi connectivity index (χ1v) is 9.16. The second kappa shape index (κ2) is 7.81. The first kappa shape index (κ1) is 17.0. The van der Waals surface area contributed by atoms with Crippen molar-refractivity contribution in [1.82, 2.24) is 14.8 Å². The van der Waals surface area contributed by atoms with E-state index in [9.17, 15) is 4.79 Å². The standard InChI is InChI=1S/C17H22N4O2S/c1-12-19-20-17(24-11-16-8-3-4-9-23-16)21(12)15-7-5-6-14(10-15)18-13(2)22/h5-7,10,16H,3-4,8-9,11H2,1-2H3,(H,18,22)/t16-/m0/s1. The predicted molar refractivity (Wildman–Crippen MR) is 94.7 cm³/mol. The van der Waals surface area contributed by atoms with Crippen molar-refractivity contribution < 1.29 is 9.53 Å². The summed E-state index contributed by atoms with van der Waals surface area (Å²) >= 11 is 1.67. The smallest absolute Gasteiger partial charge is 0.221 e. The van der Waals surface area contributed by atoms with Gasteiger partial charge in [0.25, 0.3) is 0 Å². The molecule has 24 heavy (non-hydrogen) atoms. The number of rotatable bonds is 5. The molecule has 1 aromatic heterocycles. The van der Waals surface area contributed by atoms with Crippen LogP contribution < -0.4 is 5.32 Å². The van der Waals surface area contributed by atoms with Crippen LogP contribution in [0.1, 0.15) is 32.0 Å². The minimum atomic E-state index is -0.0864. The summed E-state index contributed by atoms with van der Waals surface area (Å²) in [6, 6.07) is 7.70. The molecule has 1 aliphatic rings. The number of aromatic nitrogens is 3. The minimum absolute atomic E-state index is 0.0864. The van der Waals surface area contributed by atoms with Gasteiger partial charge < -0.3 is 10.1 Å². The van der Waals surface area contributed by atoms with E-state index in [4.69, 9.17) is 4.74 Å². The molecule has 7 heteroatoms. The Kier molecular flexibility index (Phi) is 5.52. The summed E-state index contributed by atoms with van der Waals surface area (Å²) in [5, 5.41) is 12.2. The summed E-state index contributed by atoms with van der Waals surface area (Å²) in [4.78, 5) is 11.3. The molecule has 2 aromatic rings. The van der Waals surface area contributed by atoms with Gasteiger partial charge >= 0.3 is 0 Å². The van der Waals surface area contributed by atoms with Gasteiger partial charge in [-0.25, -0.2) is 0 Å². The fraction of sp³-hybridized carbons (Fsp3) is 0.471. The maximum atomic E-state index is 11.3. The number of hydrogen-bond donors (Lipinski definition) is 1. The molecule has 0 radical (unpaired) electrons. The van der Waals surface area contributed by atoms with Gasteiger partial charge in [0, 0.05) is 25.0 Å². The molecule has 1 aliphatic heterocycles. The first-order chi connectivity index (χ1) is 11.6. The molecule has 0 saturated carbocycles. The Hall–Kier alpha value is -1.86. The zero-order valence-electron chi connectivity index (χ0n) is 14.0. The van der Waals surface area contributed by atoms with E-state index in [1.54, 1.807) is 11.8 Å². The van der Waals surface area contributed by atoms with Crippen molar-refractivity contribution in [2.75, 3.05) is 17.7 Å². The number of thioether (sulfide) groups is 1. The Morgan fingerprint density at radius 3 is 3.04 bits per heavy atom. The lowest BCUT2D eigenvalue weighted by molar-refractivity contribution is -0.114. The highest BCUT2D eigenvalue weighted by Gasteiger charge is 2.17. The van der Waals surface area contributed by atoms with Gasteiger partial charge in [-0.15, -0.1) is 10.2 Å². The van der Waals surface area contributed by atoms with Gasteiger partial charge in [0.1, 0.15) is 5.82 Å². The van der Waals surface area contributed by atoms with Crippen molar-refractivity contribution >= 4 is 23.4 Å². The maximum absolute atomic E-state index is 11.3. The molecular weight excluding hydrogens is 324 g/mol. The van der Waals surface area contributed by atoms with Crippen molar-refractivity contribution in [2.45, 2.75) is 44.4 Å². The lowest BCUT2D eigenvalue weighted by Crippen LogP contribution is -2.21. The van der Waals surface area contributed by atoms with Crippen molar-refractivity contribution in [2.24, 2.45) is 0 Å². The summed E-state index contributed by atoms with van der Waals surface area (Å²) in [5.41, 5.74) is 1.70. The van der Waals surface area contributed by atoms with Gasteiger partial charge in [-0.1, -0.05) is 17.8 Å². The molecule has 1 N–H and O–H groups in total. The Bertz CT molecular complexity index is 710. The largest absolute Gasteiger partial charge is 0.377 e. The number of anilines is 1. The quantitative estimate of drug-likeness (QED) is 0.842. The number of carbonyl (C=O) groups is 1. The van der Waals surface area contributed by atoms with Crippen LogP contribution in [0, 0.1) is 6.92 Å². The second-order valence-electron chi connectivity index (χ2n) is 5.90. The van der Waals surface area contributed by atoms with Crippen molar-refractivity contribution in [3.63, 3.8) is 0 Å². The van der Waals surface area contributed by atoms with Crippen LogP contribution >= 0.6 is 11.8 Å². The molecule has 1 saturated heterocycles. The average molecular weight is 346 g/mol. The third kappa shape index (κ3) is 4.15. The molecule has 0 bridgehead atoms. The summed E-state index contributed by atoms with van der Waals surface area (Å²) < 4.78 is 7.80.